The lowest BCUT2D eigenvalue weighted by atomic mass is 9.84. The van der Waals surface area contributed by atoms with E-state index in [4.69, 9.17) is 4.42 Å². The van der Waals surface area contributed by atoms with Gasteiger partial charge in [0.05, 0.1) is 6.54 Å². The molecule has 0 radical (unpaired) electrons. The van der Waals surface area contributed by atoms with Gasteiger partial charge in [0.1, 0.15) is 17.2 Å². The molecule has 5 nitrogen and oxygen atoms in total. The summed E-state index contributed by atoms with van der Waals surface area (Å²) in [6.07, 6.45) is 7.00. The second-order valence-electron chi connectivity index (χ2n) is 9.54. The maximum Gasteiger partial charge on any atom is 0.272 e. The lowest BCUT2D eigenvalue weighted by Crippen LogP contribution is -2.50. The van der Waals surface area contributed by atoms with Crippen LogP contribution >= 0.6 is 0 Å². The maximum atomic E-state index is 13.6. The van der Waals surface area contributed by atoms with E-state index in [1.54, 1.807) is 6.20 Å². The van der Waals surface area contributed by atoms with Gasteiger partial charge in [-0.3, -0.25) is 14.7 Å². The van der Waals surface area contributed by atoms with Crippen molar-refractivity contribution in [2.24, 2.45) is 5.92 Å². The number of hydrogen-bond acceptors (Lipinski definition) is 4. The summed E-state index contributed by atoms with van der Waals surface area (Å²) in [6, 6.07) is 20.9. The van der Waals surface area contributed by atoms with E-state index in [0.29, 0.717) is 17.7 Å². The number of hydrogen-bond donors (Lipinski definition) is 0. The largest absolute Gasteiger partial charge is 0.465 e. The van der Waals surface area contributed by atoms with E-state index in [1.807, 2.05) is 31.2 Å². The van der Waals surface area contributed by atoms with Gasteiger partial charge in [-0.2, -0.15) is 0 Å². The van der Waals surface area contributed by atoms with Crippen molar-refractivity contribution in [3.63, 3.8) is 0 Å². The van der Waals surface area contributed by atoms with Crippen LogP contribution in [0.4, 0.5) is 0 Å². The summed E-state index contributed by atoms with van der Waals surface area (Å²) < 4.78 is 5.80. The lowest BCUT2D eigenvalue weighted by Gasteiger charge is -2.41. The third-order valence-electron chi connectivity index (χ3n) is 7.06. The third kappa shape index (κ3) is 5.36. The molecule has 3 heterocycles. The minimum atomic E-state index is 0.0903. The molecule has 5 rings (SSSR count). The number of rotatable bonds is 8. The van der Waals surface area contributed by atoms with Crippen molar-refractivity contribution in [3.05, 3.63) is 89.6 Å². The first kappa shape index (κ1) is 21.9. The fraction of sp³-hybridized carbons (Fsp3) is 0.429. The molecule has 2 aromatic heterocycles. The minimum Gasteiger partial charge on any atom is -0.465 e. The summed E-state index contributed by atoms with van der Waals surface area (Å²) in [5, 5.41) is 0. The van der Waals surface area contributed by atoms with E-state index < -0.39 is 0 Å². The van der Waals surface area contributed by atoms with Crippen LogP contribution in [-0.4, -0.2) is 45.9 Å². The van der Waals surface area contributed by atoms with Crippen molar-refractivity contribution in [2.45, 2.75) is 57.7 Å². The number of likely N-dealkylation sites (tertiary alicyclic amines) is 1. The Kier molecular flexibility index (Phi) is 6.58. The monoisotopic (exact) mass is 443 g/mol. The molecule has 0 bridgehead atoms. The maximum absolute atomic E-state index is 13.6. The number of amides is 1. The molecule has 1 amide bonds. The van der Waals surface area contributed by atoms with Gasteiger partial charge in [0.2, 0.25) is 0 Å². The molecule has 0 spiro atoms. The smallest absolute Gasteiger partial charge is 0.272 e. The highest BCUT2D eigenvalue weighted by Gasteiger charge is 2.42. The molecule has 1 aliphatic carbocycles. The summed E-state index contributed by atoms with van der Waals surface area (Å²) in [7, 11) is 0. The molecular weight excluding hydrogens is 410 g/mol. The highest BCUT2D eigenvalue weighted by molar-refractivity contribution is 5.93. The van der Waals surface area contributed by atoms with Gasteiger partial charge < -0.3 is 9.32 Å². The summed E-state index contributed by atoms with van der Waals surface area (Å²) in [4.78, 5) is 22.7. The fourth-order valence-electron chi connectivity index (χ4n) is 5.20. The highest BCUT2D eigenvalue weighted by Crippen LogP contribution is 2.36. The van der Waals surface area contributed by atoms with Crippen molar-refractivity contribution in [1.82, 2.24) is 14.8 Å². The average Bonchev–Trinajstić information content (AvgIpc) is 3.61. The Hall–Kier alpha value is -2.92. The van der Waals surface area contributed by atoms with Crippen LogP contribution in [0.15, 0.2) is 71.3 Å². The molecule has 1 aliphatic heterocycles. The van der Waals surface area contributed by atoms with Crippen molar-refractivity contribution in [2.75, 3.05) is 13.1 Å². The van der Waals surface area contributed by atoms with Gasteiger partial charge in [0, 0.05) is 18.3 Å². The van der Waals surface area contributed by atoms with Crippen molar-refractivity contribution < 1.29 is 9.21 Å². The zero-order chi connectivity index (χ0) is 22.6. The van der Waals surface area contributed by atoms with Crippen LogP contribution in [0.1, 0.15) is 53.3 Å². The Morgan fingerprint density at radius 2 is 1.79 bits per heavy atom. The first-order chi connectivity index (χ1) is 16.2. The average molecular weight is 444 g/mol. The SMILES string of the molecule is Cc1ccc(CN2CCC(C(Cc3ccccc3)N(C(=O)c3ccccn3)C3CC3)CC2)o1. The van der Waals surface area contributed by atoms with E-state index in [-0.39, 0.29) is 11.9 Å². The Labute approximate surface area is 196 Å². The number of carbonyl (C=O) groups is 1. The Morgan fingerprint density at radius 1 is 1.03 bits per heavy atom. The van der Waals surface area contributed by atoms with Gasteiger partial charge in [-0.15, -0.1) is 0 Å². The van der Waals surface area contributed by atoms with Crippen LogP contribution in [0.3, 0.4) is 0 Å². The highest BCUT2D eigenvalue weighted by atomic mass is 16.3. The zero-order valence-electron chi connectivity index (χ0n) is 19.4. The quantitative estimate of drug-likeness (QED) is 0.485. The van der Waals surface area contributed by atoms with Gasteiger partial charge in [-0.05, 0) is 87.9 Å². The minimum absolute atomic E-state index is 0.0903. The first-order valence-electron chi connectivity index (χ1n) is 12.2. The molecule has 1 aromatic carbocycles. The number of aryl methyl sites for hydroxylation is 1. The van der Waals surface area contributed by atoms with Crippen molar-refractivity contribution >= 4 is 5.91 Å². The van der Waals surface area contributed by atoms with E-state index in [1.165, 1.54) is 5.56 Å². The predicted octanol–water partition coefficient (Wildman–Crippen LogP) is 5.11. The van der Waals surface area contributed by atoms with Crippen molar-refractivity contribution in [1.29, 1.82) is 0 Å². The standard InChI is InChI=1S/C28H33N3O2/c1-21-10-13-25(33-21)20-30-17-14-23(15-18-30)27(19-22-7-3-2-4-8-22)31(24-11-12-24)28(32)26-9-5-6-16-29-26/h2-10,13,16,23-24,27H,11-12,14-15,17-20H2,1H3. The molecule has 3 aromatic rings. The summed E-state index contributed by atoms with van der Waals surface area (Å²) in [6.45, 7) is 4.93. The second-order valence-corrected chi connectivity index (χ2v) is 9.54. The van der Waals surface area contributed by atoms with Gasteiger partial charge in [-0.25, -0.2) is 0 Å². The molecule has 5 heteroatoms. The van der Waals surface area contributed by atoms with Crippen LogP contribution in [-0.2, 0) is 13.0 Å². The topological polar surface area (TPSA) is 49.6 Å². The molecule has 1 saturated carbocycles. The van der Waals surface area contributed by atoms with E-state index in [2.05, 4.69) is 51.2 Å². The fourth-order valence-corrected chi connectivity index (χ4v) is 5.20. The van der Waals surface area contributed by atoms with Crippen LogP contribution in [0, 0.1) is 12.8 Å². The summed E-state index contributed by atoms with van der Waals surface area (Å²) in [5.74, 6) is 2.58. The van der Waals surface area contributed by atoms with Crippen LogP contribution in [0.25, 0.3) is 0 Å². The molecule has 1 saturated heterocycles. The van der Waals surface area contributed by atoms with E-state index in [0.717, 1.165) is 63.3 Å². The molecule has 33 heavy (non-hydrogen) atoms. The molecule has 2 fully saturated rings. The van der Waals surface area contributed by atoms with Gasteiger partial charge in [-0.1, -0.05) is 36.4 Å². The number of benzene rings is 1. The molecule has 1 unspecified atom stereocenters. The normalized spacial score (nSPS) is 18.2. The second kappa shape index (κ2) is 9.92. The van der Waals surface area contributed by atoms with Crippen molar-refractivity contribution in [3.8, 4) is 0 Å². The number of furan rings is 1. The van der Waals surface area contributed by atoms with Crippen LogP contribution < -0.4 is 0 Å². The van der Waals surface area contributed by atoms with E-state index in [9.17, 15) is 4.79 Å². The number of pyridine rings is 1. The van der Waals surface area contributed by atoms with Gasteiger partial charge in [0.15, 0.2) is 0 Å². The van der Waals surface area contributed by atoms with Crippen LogP contribution in [0.2, 0.25) is 0 Å². The number of aromatic nitrogens is 1. The number of piperidine rings is 1. The molecule has 0 N–H and O–H groups in total. The predicted molar refractivity (Wildman–Crippen MR) is 129 cm³/mol. The van der Waals surface area contributed by atoms with Gasteiger partial charge >= 0.3 is 0 Å². The van der Waals surface area contributed by atoms with E-state index >= 15 is 0 Å². The Balaban J connectivity index is 1.34. The molecular formula is C28H33N3O2. The Bertz CT molecular complexity index is 1040. The Morgan fingerprint density at radius 3 is 2.42 bits per heavy atom. The van der Waals surface area contributed by atoms with Crippen LogP contribution in [0.5, 0.6) is 0 Å². The van der Waals surface area contributed by atoms with Gasteiger partial charge in [0.25, 0.3) is 5.91 Å². The number of carbonyl (C=O) groups excluding carboxylic acids is 1. The first-order valence-corrected chi connectivity index (χ1v) is 12.2. The zero-order valence-corrected chi connectivity index (χ0v) is 19.4. The third-order valence-corrected chi connectivity index (χ3v) is 7.06. The molecule has 2 aliphatic rings. The summed E-state index contributed by atoms with van der Waals surface area (Å²) in [5.41, 5.74) is 1.86. The summed E-state index contributed by atoms with van der Waals surface area (Å²) >= 11 is 0. The molecule has 1 atom stereocenters. The number of nitrogens with zero attached hydrogens (tertiary/aromatic N) is 3. The lowest BCUT2D eigenvalue weighted by molar-refractivity contribution is 0.0471. The molecule has 172 valence electrons.